The van der Waals surface area contributed by atoms with Gasteiger partial charge in [0, 0.05) is 18.7 Å². The molecular formula is C19H27N5O14. The summed E-state index contributed by atoms with van der Waals surface area (Å²) in [6.45, 7) is 0. The number of carbonyl (C=O) groups excluding carboxylic acids is 1. The number of urea groups is 1. The minimum Gasteiger partial charge on any atom is -0.479 e. The van der Waals surface area contributed by atoms with Gasteiger partial charge in [-0.25, -0.2) is 19.2 Å². The molecule has 19 nitrogen and oxygen atoms in total. The van der Waals surface area contributed by atoms with Crippen molar-refractivity contribution in [2.45, 2.75) is 73.6 Å². The molecule has 2 aliphatic rings. The number of aliphatic hydroxyl groups excluding tert-OH is 4. The van der Waals surface area contributed by atoms with E-state index in [1.54, 1.807) is 4.98 Å². The molecule has 11 atom stereocenters. The topological polar surface area (TPSA) is 330 Å². The van der Waals surface area contributed by atoms with Crippen LogP contribution in [0.1, 0.15) is 18.1 Å². The Morgan fingerprint density at radius 3 is 2.32 bits per heavy atom. The largest absolute Gasteiger partial charge is 0.479 e. The lowest BCUT2D eigenvalue weighted by molar-refractivity contribution is -0.301. The van der Waals surface area contributed by atoms with Gasteiger partial charge in [-0.15, -0.1) is 0 Å². The highest BCUT2D eigenvalue weighted by Gasteiger charge is 2.54. The van der Waals surface area contributed by atoms with Gasteiger partial charge in [-0.05, 0) is 0 Å². The SMILES string of the molecule is NC(=O)N[C@H]1[C@@H](O)[C@H]([C@@H](O)C(O)c2c[nH]c(=O)[nH]c2=O)O[C@H](C(=O)O)[C@@H]1O[C@@H]1O[C@H](C(=O)O)C[C@H](N)[C@H]1O. The molecule has 0 bridgehead atoms. The third-order valence-electron chi connectivity index (χ3n) is 6.11. The molecule has 3 heterocycles. The second-order valence-electron chi connectivity index (χ2n) is 8.67. The van der Waals surface area contributed by atoms with Crippen LogP contribution in [-0.2, 0) is 23.8 Å². The van der Waals surface area contributed by atoms with Crippen molar-refractivity contribution in [1.29, 1.82) is 0 Å². The van der Waals surface area contributed by atoms with Crippen LogP contribution in [0.25, 0.3) is 0 Å². The first kappa shape index (κ1) is 29.1. The number of hydrogen-bond acceptors (Lipinski definition) is 13. The summed E-state index contributed by atoms with van der Waals surface area (Å²) >= 11 is 0. The van der Waals surface area contributed by atoms with E-state index in [9.17, 15) is 54.6 Å². The van der Waals surface area contributed by atoms with Crippen LogP contribution in [0, 0.1) is 0 Å². The van der Waals surface area contributed by atoms with E-state index in [0.717, 1.165) is 6.20 Å². The second kappa shape index (κ2) is 11.5. The number of nitrogens with two attached hydrogens (primary N) is 2. The molecule has 0 radical (unpaired) electrons. The van der Waals surface area contributed by atoms with Crippen LogP contribution < -0.4 is 28.0 Å². The Morgan fingerprint density at radius 2 is 1.76 bits per heavy atom. The van der Waals surface area contributed by atoms with Crippen LogP contribution >= 0.6 is 0 Å². The molecule has 2 fully saturated rings. The van der Waals surface area contributed by atoms with Crippen LogP contribution in [-0.4, -0.2) is 120 Å². The number of hydrogen-bond donors (Lipinski definition) is 11. The fourth-order valence-corrected chi connectivity index (χ4v) is 4.20. The molecule has 13 N–H and O–H groups in total. The number of aromatic nitrogens is 2. The molecule has 19 heteroatoms. The smallest absolute Gasteiger partial charge is 0.335 e. The van der Waals surface area contributed by atoms with Crippen LogP contribution in [0.5, 0.6) is 0 Å². The molecule has 212 valence electrons. The van der Waals surface area contributed by atoms with Gasteiger partial charge in [0.15, 0.2) is 18.5 Å². The lowest BCUT2D eigenvalue weighted by Gasteiger charge is -2.47. The van der Waals surface area contributed by atoms with Gasteiger partial charge in [-0.1, -0.05) is 0 Å². The van der Waals surface area contributed by atoms with E-state index in [-0.39, 0.29) is 6.42 Å². The summed E-state index contributed by atoms with van der Waals surface area (Å²) in [5.41, 5.74) is 8.27. The number of carboxylic acid groups (broad SMARTS) is 2. The summed E-state index contributed by atoms with van der Waals surface area (Å²) in [6.07, 6.45) is -17.2. The van der Waals surface area contributed by atoms with E-state index in [0.29, 0.717) is 0 Å². The average molecular weight is 549 g/mol. The highest BCUT2D eigenvalue weighted by atomic mass is 16.7. The highest BCUT2D eigenvalue weighted by molar-refractivity contribution is 5.75. The number of aliphatic carboxylic acids is 2. The van der Waals surface area contributed by atoms with Crippen molar-refractivity contribution in [1.82, 2.24) is 15.3 Å². The van der Waals surface area contributed by atoms with E-state index >= 15 is 0 Å². The molecule has 0 aromatic carbocycles. The van der Waals surface area contributed by atoms with Crippen molar-refractivity contribution < 1.29 is 59.2 Å². The Labute approximate surface area is 210 Å². The van der Waals surface area contributed by atoms with Crippen molar-refractivity contribution in [2.24, 2.45) is 11.5 Å². The van der Waals surface area contributed by atoms with Gasteiger partial charge in [-0.2, -0.15) is 0 Å². The van der Waals surface area contributed by atoms with Crippen molar-refractivity contribution in [3.63, 3.8) is 0 Å². The number of rotatable bonds is 8. The number of primary amides is 1. The van der Waals surface area contributed by atoms with E-state index in [1.165, 1.54) is 0 Å². The number of carbonyl (C=O) groups is 3. The Balaban J connectivity index is 1.94. The quantitative estimate of drug-likeness (QED) is 0.144. The van der Waals surface area contributed by atoms with Crippen molar-refractivity contribution in [3.05, 3.63) is 32.6 Å². The normalized spacial score (nSPS) is 35.1. The van der Waals surface area contributed by atoms with Gasteiger partial charge in [0.2, 0.25) is 0 Å². The van der Waals surface area contributed by atoms with Crippen LogP contribution in [0.3, 0.4) is 0 Å². The maximum absolute atomic E-state index is 12.1. The standard InChI is InChI=1S/C19H27N5O14/c20-4-1-5(15(30)31)36-17(8(4)26)38-11-6(23-18(21)34)9(27)12(37-13(11)16(32)33)10(28)7(25)3-2-22-19(35)24-14(3)29/h2,4-13,17,25-28H,1,20H2,(H,30,31)(H,32,33)(H3,21,23,34)(H2,22,24,29,35)/t4-,5-,6-,7?,8+,9+,10-,11+,12+,13-,17-/m0/s1. The predicted molar refractivity (Wildman–Crippen MR) is 117 cm³/mol. The van der Waals surface area contributed by atoms with Crippen molar-refractivity contribution in [3.8, 4) is 0 Å². The number of ether oxygens (including phenoxy) is 3. The lowest BCUT2D eigenvalue weighted by atomic mass is 9.87. The molecule has 0 spiro atoms. The van der Waals surface area contributed by atoms with Crippen molar-refractivity contribution >= 4 is 18.0 Å². The monoisotopic (exact) mass is 549 g/mol. The summed E-state index contributed by atoms with van der Waals surface area (Å²) in [5.74, 6) is -3.24. The molecule has 0 aliphatic carbocycles. The second-order valence-corrected chi connectivity index (χ2v) is 8.67. The number of nitrogens with one attached hydrogen (secondary N) is 3. The van der Waals surface area contributed by atoms with Gasteiger partial charge in [0.25, 0.3) is 5.56 Å². The fraction of sp³-hybridized carbons (Fsp3) is 0.632. The molecule has 2 saturated heterocycles. The first-order valence-corrected chi connectivity index (χ1v) is 11.0. The highest BCUT2D eigenvalue weighted by Crippen LogP contribution is 2.32. The maximum Gasteiger partial charge on any atom is 0.335 e. The van der Waals surface area contributed by atoms with E-state index in [2.05, 4.69) is 4.98 Å². The van der Waals surface area contributed by atoms with Gasteiger partial charge < -0.3 is 66.6 Å². The summed E-state index contributed by atoms with van der Waals surface area (Å²) in [4.78, 5) is 62.2. The lowest BCUT2D eigenvalue weighted by Crippen LogP contribution is -2.70. The molecule has 0 saturated carbocycles. The van der Waals surface area contributed by atoms with Gasteiger partial charge in [0.1, 0.15) is 36.6 Å². The van der Waals surface area contributed by atoms with E-state index < -0.39 is 102 Å². The Hall–Kier alpha value is -3.43. The number of H-pyrrole nitrogens is 2. The zero-order chi connectivity index (χ0) is 28.5. The number of aliphatic hydroxyl groups is 4. The van der Waals surface area contributed by atoms with Gasteiger partial charge in [-0.3, -0.25) is 9.78 Å². The molecule has 1 unspecified atom stereocenters. The molecule has 2 amide bonds. The third-order valence-corrected chi connectivity index (χ3v) is 6.11. The zero-order valence-corrected chi connectivity index (χ0v) is 19.2. The Morgan fingerprint density at radius 1 is 1.11 bits per heavy atom. The van der Waals surface area contributed by atoms with Crippen molar-refractivity contribution in [2.75, 3.05) is 0 Å². The number of aromatic amines is 2. The predicted octanol–water partition coefficient (Wildman–Crippen LogP) is -6.02. The summed E-state index contributed by atoms with van der Waals surface area (Å²) < 4.78 is 15.9. The molecule has 3 rings (SSSR count). The Kier molecular flexibility index (Phi) is 8.84. The molecule has 2 aliphatic heterocycles. The zero-order valence-electron chi connectivity index (χ0n) is 19.2. The molecular weight excluding hydrogens is 522 g/mol. The molecule has 38 heavy (non-hydrogen) atoms. The van der Waals surface area contributed by atoms with E-state index in [4.69, 9.17) is 25.7 Å². The fourth-order valence-electron chi connectivity index (χ4n) is 4.20. The Bertz CT molecular complexity index is 1160. The first-order chi connectivity index (χ1) is 17.7. The summed E-state index contributed by atoms with van der Waals surface area (Å²) in [5, 5.41) is 63.5. The van der Waals surface area contributed by atoms with E-state index in [1.807, 2.05) is 5.32 Å². The summed E-state index contributed by atoms with van der Waals surface area (Å²) in [7, 11) is 0. The third kappa shape index (κ3) is 6.00. The maximum atomic E-state index is 12.1. The molecule has 1 aromatic heterocycles. The number of carboxylic acids is 2. The molecule has 1 aromatic rings. The first-order valence-electron chi connectivity index (χ1n) is 11.0. The van der Waals surface area contributed by atoms with Gasteiger partial charge >= 0.3 is 23.7 Å². The average Bonchev–Trinajstić information content (AvgIpc) is 2.82. The number of amides is 2. The van der Waals surface area contributed by atoms with Crippen LogP contribution in [0.2, 0.25) is 0 Å². The summed E-state index contributed by atoms with van der Waals surface area (Å²) in [6, 6.07) is -4.31. The van der Waals surface area contributed by atoms with Gasteiger partial charge in [0.05, 0.1) is 11.6 Å². The van der Waals surface area contributed by atoms with Crippen LogP contribution in [0.4, 0.5) is 4.79 Å². The minimum atomic E-state index is -2.22. The van der Waals surface area contributed by atoms with Crippen LogP contribution in [0.15, 0.2) is 15.8 Å². The minimum absolute atomic E-state index is 0.318.